The molecule has 1 aromatic carbocycles. The van der Waals surface area contributed by atoms with E-state index in [1.807, 2.05) is 24.3 Å². The predicted molar refractivity (Wildman–Crippen MR) is 86.7 cm³/mol. The minimum atomic E-state index is 0.286. The number of ketones is 1. The minimum absolute atomic E-state index is 0.286. The van der Waals surface area contributed by atoms with Crippen molar-refractivity contribution in [2.75, 3.05) is 7.11 Å². The lowest BCUT2D eigenvalue weighted by Crippen LogP contribution is -2.23. The van der Waals surface area contributed by atoms with E-state index in [0.717, 1.165) is 30.1 Å². The molecule has 0 N–H and O–H groups in total. The molecule has 116 valence electrons. The Kier molecular flexibility index (Phi) is 6.28. The number of ether oxygens (including phenoxy) is 1. The van der Waals surface area contributed by atoms with Crippen molar-refractivity contribution < 1.29 is 9.53 Å². The number of benzene rings is 1. The van der Waals surface area contributed by atoms with Crippen LogP contribution in [0.1, 0.15) is 57.4 Å². The molecule has 0 aromatic heterocycles. The summed E-state index contributed by atoms with van der Waals surface area (Å²) in [6.45, 7) is 2.25. The first-order valence-electron chi connectivity index (χ1n) is 8.38. The average molecular weight is 288 g/mol. The van der Waals surface area contributed by atoms with Crippen LogP contribution in [0, 0.1) is 11.8 Å². The van der Waals surface area contributed by atoms with Gasteiger partial charge in [-0.1, -0.05) is 38.3 Å². The van der Waals surface area contributed by atoms with Crippen molar-refractivity contribution in [3.63, 3.8) is 0 Å². The predicted octanol–water partition coefficient (Wildman–Crippen LogP) is 4.80. The zero-order valence-corrected chi connectivity index (χ0v) is 13.4. The summed E-state index contributed by atoms with van der Waals surface area (Å²) in [4.78, 5) is 12.4. The number of unbranched alkanes of at least 4 members (excludes halogenated alkanes) is 1. The monoisotopic (exact) mass is 288 g/mol. The highest BCUT2D eigenvalue weighted by atomic mass is 16.5. The number of carbonyl (C=O) groups is 1. The molecule has 2 rings (SSSR count). The Hall–Kier alpha value is -1.31. The molecule has 2 nitrogen and oxygen atoms in total. The van der Waals surface area contributed by atoms with Crippen molar-refractivity contribution in [2.24, 2.45) is 11.8 Å². The van der Waals surface area contributed by atoms with Crippen LogP contribution in [0.2, 0.25) is 0 Å². The lowest BCUT2D eigenvalue weighted by molar-refractivity contribution is -0.123. The molecule has 0 aliphatic heterocycles. The molecular formula is C19H28O2. The first-order chi connectivity index (χ1) is 10.2. The van der Waals surface area contributed by atoms with Crippen LogP contribution in [0.15, 0.2) is 24.3 Å². The van der Waals surface area contributed by atoms with Gasteiger partial charge in [0.15, 0.2) is 0 Å². The van der Waals surface area contributed by atoms with Gasteiger partial charge in [-0.3, -0.25) is 4.79 Å². The maximum Gasteiger partial charge on any atom is 0.140 e. The van der Waals surface area contributed by atoms with E-state index in [1.54, 1.807) is 7.11 Å². The van der Waals surface area contributed by atoms with Crippen LogP contribution in [0.5, 0.6) is 5.75 Å². The zero-order valence-electron chi connectivity index (χ0n) is 13.4. The first kappa shape index (κ1) is 16.1. The number of carbonyl (C=O) groups excluding carboxylic acids is 1. The van der Waals surface area contributed by atoms with Gasteiger partial charge >= 0.3 is 0 Å². The molecule has 0 saturated heterocycles. The molecule has 0 unspecified atom stereocenters. The van der Waals surface area contributed by atoms with E-state index in [2.05, 4.69) is 6.92 Å². The third-order valence-corrected chi connectivity index (χ3v) is 4.78. The topological polar surface area (TPSA) is 26.3 Å². The van der Waals surface area contributed by atoms with Crippen LogP contribution in [0.25, 0.3) is 0 Å². The van der Waals surface area contributed by atoms with E-state index in [9.17, 15) is 4.79 Å². The van der Waals surface area contributed by atoms with Crippen molar-refractivity contribution >= 4 is 5.78 Å². The van der Waals surface area contributed by atoms with Crippen LogP contribution in [-0.4, -0.2) is 12.9 Å². The Labute approximate surface area is 128 Å². The van der Waals surface area contributed by atoms with Crippen molar-refractivity contribution in [3.05, 3.63) is 29.8 Å². The fourth-order valence-electron chi connectivity index (χ4n) is 3.39. The van der Waals surface area contributed by atoms with E-state index in [4.69, 9.17) is 4.74 Å². The van der Waals surface area contributed by atoms with Gasteiger partial charge in [-0.25, -0.2) is 0 Å². The van der Waals surface area contributed by atoms with Gasteiger partial charge in [-0.05, 0) is 49.3 Å². The molecule has 0 atom stereocenters. The summed E-state index contributed by atoms with van der Waals surface area (Å²) in [5, 5.41) is 0. The zero-order chi connectivity index (χ0) is 15.1. The van der Waals surface area contributed by atoms with Gasteiger partial charge < -0.3 is 4.74 Å². The molecule has 0 bridgehead atoms. The molecule has 1 aliphatic rings. The summed E-state index contributed by atoms with van der Waals surface area (Å²) in [5.74, 6) is 2.40. The molecule has 0 heterocycles. The standard InChI is InChI=1S/C19H28O2/c1-3-4-6-15-9-11-17(12-10-15)19(20)14-16-7-5-8-18(13-16)21-2/h5,7-8,13,15,17H,3-4,6,9-12,14H2,1-2H3. The fourth-order valence-corrected chi connectivity index (χ4v) is 3.39. The molecule has 2 heteroatoms. The second-order valence-electron chi connectivity index (χ2n) is 6.35. The van der Waals surface area contributed by atoms with E-state index in [-0.39, 0.29) is 5.92 Å². The smallest absolute Gasteiger partial charge is 0.140 e. The van der Waals surface area contributed by atoms with Crippen LogP contribution in [0.3, 0.4) is 0 Å². The maximum absolute atomic E-state index is 12.4. The van der Waals surface area contributed by atoms with Crippen molar-refractivity contribution in [2.45, 2.75) is 58.3 Å². The van der Waals surface area contributed by atoms with E-state index in [1.165, 1.54) is 32.1 Å². The summed E-state index contributed by atoms with van der Waals surface area (Å²) in [6.07, 6.45) is 9.22. The molecular weight excluding hydrogens is 260 g/mol. The third-order valence-electron chi connectivity index (χ3n) is 4.78. The highest BCUT2D eigenvalue weighted by molar-refractivity contribution is 5.83. The van der Waals surface area contributed by atoms with E-state index < -0.39 is 0 Å². The summed E-state index contributed by atoms with van der Waals surface area (Å²) in [7, 11) is 1.67. The normalized spacial score (nSPS) is 22.0. The number of hydrogen-bond donors (Lipinski definition) is 0. The number of methoxy groups -OCH3 is 1. The molecule has 0 spiro atoms. The van der Waals surface area contributed by atoms with Gasteiger partial charge in [0.1, 0.15) is 11.5 Å². The lowest BCUT2D eigenvalue weighted by atomic mass is 9.77. The van der Waals surface area contributed by atoms with Gasteiger partial charge in [0.05, 0.1) is 7.11 Å². The van der Waals surface area contributed by atoms with Crippen LogP contribution in [0.4, 0.5) is 0 Å². The van der Waals surface area contributed by atoms with Gasteiger partial charge in [-0.2, -0.15) is 0 Å². The van der Waals surface area contributed by atoms with Crippen molar-refractivity contribution in [1.82, 2.24) is 0 Å². The molecule has 1 fully saturated rings. The number of hydrogen-bond acceptors (Lipinski definition) is 2. The first-order valence-corrected chi connectivity index (χ1v) is 8.38. The Morgan fingerprint density at radius 2 is 2.00 bits per heavy atom. The summed E-state index contributed by atoms with van der Waals surface area (Å²) >= 11 is 0. The quantitative estimate of drug-likeness (QED) is 0.720. The highest BCUT2D eigenvalue weighted by Gasteiger charge is 2.25. The summed E-state index contributed by atoms with van der Waals surface area (Å²) < 4.78 is 5.22. The average Bonchev–Trinajstić information content (AvgIpc) is 2.53. The fraction of sp³-hybridized carbons (Fsp3) is 0.632. The molecule has 0 radical (unpaired) electrons. The summed E-state index contributed by atoms with van der Waals surface area (Å²) in [6, 6.07) is 7.88. The largest absolute Gasteiger partial charge is 0.497 e. The SMILES string of the molecule is CCCCC1CCC(C(=O)Cc2cccc(OC)c2)CC1. The minimum Gasteiger partial charge on any atom is -0.497 e. The van der Waals surface area contributed by atoms with Crippen molar-refractivity contribution in [3.8, 4) is 5.75 Å². The van der Waals surface area contributed by atoms with Gasteiger partial charge in [-0.15, -0.1) is 0 Å². The Morgan fingerprint density at radius 3 is 2.67 bits per heavy atom. The maximum atomic E-state index is 12.4. The second-order valence-corrected chi connectivity index (χ2v) is 6.35. The number of rotatable bonds is 7. The Balaban J connectivity index is 1.81. The van der Waals surface area contributed by atoms with E-state index >= 15 is 0 Å². The van der Waals surface area contributed by atoms with Crippen LogP contribution >= 0.6 is 0 Å². The van der Waals surface area contributed by atoms with Crippen molar-refractivity contribution in [1.29, 1.82) is 0 Å². The third kappa shape index (κ3) is 4.87. The number of Topliss-reactive ketones (excluding diaryl/α,β-unsaturated/α-hetero) is 1. The van der Waals surface area contributed by atoms with E-state index in [0.29, 0.717) is 12.2 Å². The molecule has 21 heavy (non-hydrogen) atoms. The summed E-state index contributed by atoms with van der Waals surface area (Å²) in [5.41, 5.74) is 1.08. The van der Waals surface area contributed by atoms with Gasteiger partial charge in [0.25, 0.3) is 0 Å². The van der Waals surface area contributed by atoms with Gasteiger partial charge in [0.2, 0.25) is 0 Å². The van der Waals surface area contributed by atoms with Gasteiger partial charge in [0, 0.05) is 12.3 Å². The molecule has 1 saturated carbocycles. The molecule has 1 aliphatic carbocycles. The highest BCUT2D eigenvalue weighted by Crippen LogP contribution is 2.33. The Bertz CT molecular complexity index is 445. The molecule has 0 amide bonds. The Morgan fingerprint density at radius 1 is 1.24 bits per heavy atom. The lowest BCUT2D eigenvalue weighted by Gasteiger charge is -2.27. The van der Waals surface area contributed by atoms with Crippen LogP contribution < -0.4 is 4.74 Å². The van der Waals surface area contributed by atoms with Crippen LogP contribution in [-0.2, 0) is 11.2 Å². The molecule has 1 aromatic rings. The second kappa shape index (κ2) is 8.21.